The average molecular weight is 635 g/mol. The first kappa shape index (κ1) is 27.4. The van der Waals surface area contributed by atoms with Crippen molar-refractivity contribution in [1.82, 2.24) is 9.55 Å². The molecule has 3 aromatic heterocycles. The minimum absolute atomic E-state index is 0.369. The molecule has 2 unspecified atom stereocenters. The Balaban J connectivity index is 1.06. The molecule has 48 heavy (non-hydrogen) atoms. The van der Waals surface area contributed by atoms with Gasteiger partial charge in [0, 0.05) is 48.1 Å². The first-order chi connectivity index (χ1) is 23.7. The lowest BCUT2D eigenvalue weighted by atomic mass is 9.83. The zero-order valence-corrected chi connectivity index (χ0v) is 27.1. The molecule has 6 aromatic carbocycles. The number of allylic oxidation sites excluding steroid dienone is 4. The van der Waals surface area contributed by atoms with Gasteiger partial charge in [-0.25, -0.2) is 4.98 Å². The van der Waals surface area contributed by atoms with Crippen LogP contribution in [0.5, 0.6) is 0 Å². The Morgan fingerprint density at radius 1 is 0.646 bits per heavy atom. The molecule has 10 rings (SSSR count). The van der Waals surface area contributed by atoms with Gasteiger partial charge in [0.2, 0.25) is 5.89 Å². The van der Waals surface area contributed by atoms with Crippen LogP contribution in [0.1, 0.15) is 18.4 Å². The third kappa shape index (κ3) is 4.16. The van der Waals surface area contributed by atoms with Crippen molar-refractivity contribution in [3.8, 4) is 22.6 Å². The molecule has 0 aliphatic heterocycles. The van der Waals surface area contributed by atoms with Crippen LogP contribution in [0.3, 0.4) is 0 Å². The van der Waals surface area contributed by atoms with Gasteiger partial charge in [-0.05, 0) is 71.1 Å². The minimum atomic E-state index is 0.369. The highest BCUT2D eigenvalue weighted by Crippen LogP contribution is 2.42. The molecule has 4 heteroatoms. The monoisotopic (exact) mass is 634 g/mol. The highest BCUT2D eigenvalue weighted by molar-refractivity contribution is 7.26. The number of nitrogens with zero attached hydrogens (tertiary/aromatic N) is 2. The quantitative estimate of drug-likeness (QED) is 0.193. The molecule has 3 nitrogen and oxygen atoms in total. The van der Waals surface area contributed by atoms with Crippen molar-refractivity contribution < 1.29 is 4.42 Å². The summed E-state index contributed by atoms with van der Waals surface area (Å²) >= 11 is 1.80. The van der Waals surface area contributed by atoms with Crippen molar-refractivity contribution in [3.05, 3.63) is 157 Å². The van der Waals surface area contributed by atoms with Gasteiger partial charge in [0.1, 0.15) is 5.52 Å². The smallest absolute Gasteiger partial charge is 0.227 e. The Morgan fingerprint density at radius 3 is 2.25 bits per heavy atom. The number of oxazole rings is 1. The zero-order valence-electron chi connectivity index (χ0n) is 26.3. The number of benzene rings is 6. The second-order valence-corrected chi connectivity index (χ2v) is 13.9. The lowest BCUT2D eigenvalue weighted by Gasteiger charge is -2.24. The molecule has 3 heterocycles. The number of para-hydroxylation sites is 1. The lowest BCUT2D eigenvalue weighted by molar-refractivity contribution is 0.620. The van der Waals surface area contributed by atoms with E-state index >= 15 is 0 Å². The summed E-state index contributed by atoms with van der Waals surface area (Å²) < 4.78 is 11.3. The fourth-order valence-electron chi connectivity index (χ4n) is 7.70. The number of hydrogen-bond acceptors (Lipinski definition) is 3. The lowest BCUT2D eigenvalue weighted by Crippen LogP contribution is -2.11. The largest absolute Gasteiger partial charge is 0.436 e. The maximum absolute atomic E-state index is 6.35. The maximum Gasteiger partial charge on any atom is 0.227 e. The number of hydrogen-bond donors (Lipinski definition) is 0. The Labute approximate surface area is 281 Å². The molecule has 0 N–H and O–H groups in total. The molecule has 0 bridgehead atoms. The van der Waals surface area contributed by atoms with Gasteiger partial charge in [0.15, 0.2) is 5.58 Å². The van der Waals surface area contributed by atoms with Crippen molar-refractivity contribution in [2.24, 2.45) is 5.92 Å². The van der Waals surface area contributed by atoms with Gasteiger partial charge < -0.3 is 8.98 Å². The second kappa shape index (κ2) is 10.7. The summed E-state index contributed by atoms with van der Waals surface area (Å²) in [5.74, 6) is 1.39. The van der Waals surface area contributed by atoms with Crippen LogP contribution in [0.2, 0.25) is 0 Å². The van der Waals surface area contributed by atoms with Gasteiger partial charge in [0.05, 0.1) is 11.0 Å². The highest BCUT2D eigenvalue weighted by atomic mass is 32.1. The summed E-state index contributed by atoms with van der Waals surface area (Å²) in [4.78, 5) is 5.04. The van der Waals surface area contributed by atoms with E-state index in [-0.39, 0.29) is 0 Å². The summed E-state index contributed by atoms with van der Waals surface area (Å²) in [5, 5.41) is 4.93. The minimum Gasteiger partial charge on any atom is -0.436 e. The van der Waals surface area contributed by atoms with E-state index in [0.717, 1.165) is 16.7 Å². The van der Waals surface area contributed by atoms with Gasteiger partial charge in [-0.3, -0.25) is 0 Å². The topological polar surface area (TPSA) is 31.0 Å². The Hall–Kier alpha value is -5.71. The summed E-state index contributed by atoms with van der Waals surface area (Å²) in [5.41, 5.74) is 10.1. The number of thiophene rings is 1. The summed E-state index contributed by atoms with van der Waals surface area (Å²) in [6, 6.07) is 47.7. The predicted molar refractivity (Wildman–Crippen MR) is 203 cm³/mol. The molecular formula is C44H30N2OS. The molecule has 228 valence electrons. The van der Waals surface area contributed by atoms with Crippen molar-refractivity contribution in [2.75, 3.05) is 0 Å². The number of fused-ring (bicyclic) bond motifs is 8. The first-order valence-corrected chi connectivity index (χ1v) is 17.3. The van der Waals surface area contributed by atoms with E-state index in [0.29, 0.717) is 17.7 Å². The fraction of sp³-hybridized carbons (Fsp3) is 0.0682. The van der Waals surface area contributed by atoms with Gasteiger partial charge >= 0.3 is 0 Å². The Bertz CT molecular complexity index is 2740. The standard InChI is InChI=1S/C44H30N2OS/c1-27-26-31(22-23-32(27)28-10-3-2-4-11-28)46-36-15-7-5-12-34(36)41-33(14-9-16-37(41)46)29-18-20-30(21-19-29)44-45-43-38(47-44)24-25-40-42(43)35-13-6-8-17-39(35)48-40/h2-27,32H,1H3. The van der Waals surface area contributed by atoms with Gasteiger partial charge in [-0.15, -0.1) is 11.3 Å². The van der Waals surface area contributed by atoms with Crippen molar-refractivity contribution in [1.29, 1.82) is 0 Å². The van der Waals surface area contributed by atoms with Gasteiger partial charge in [0.25, 0.3) is 0 Å². The van der Waals surface area contributed by atoms with Crippen LogP contribution in [-0.2, 0) is 0 Å². The van der Waals surface area contributed by atoms with Gasteiger partial charge in [-0.1, -0.05) is 110 Å². The van der Waals surface area contributed by atoms with E-state index in [1.54, 1.807) is 11.3 Å². The fourth-order valence-corrected chi connectivity index (χ4v) is 8.81. The van der Waals surface area contributed by atoms with E-state index in [4.69, 9.17) is 9.40 Å². The molecule has 1 aliphatic carbocycles. The van der Waals surface area contributed by atoms with Crippen LogP contribution in [0.15, 0.2) is 156 Å². The molecule has 0 saturated heterocycles. The van der Waals surface area contributed by atoms with E-state index in [2.05, 4.69) is 157 Å². The Kier molecular flexibility index (Phi) is 6.09. The number of aromatic nitrogens is 2. The van der Waals surface area contributed by atoms with Crippen LogP contribution in [0.25, 0.3) is 81.4 Å². The molecule has 0 fully saturated rings. The molecular weight excluding hydrogens is 605 g/mol. The second-order valence-electron chi connectivity index (χ2n) is 12.8. The van der Waals surface area contributed by atoms with E-state index in [1.165, 1.54) is 64.4 Å². The molecule has 1 aliphatic rings. The van der Waals surface area contributed by atoms with Crippen LogP contribution in [0, 0.1) is 5.92 Å². The molecule has 0 spiro atoms. The van der Waals surface area contributed by atoms with Crippen LogP contribution >= 0.6 is 11.3 Å². The molecule has 0 amide bonds. The van der Waals surface area contributed by atoms with Crippen molar-refractivity contribution >= 4 is 70.1 Å². The third-order valence-electron chi connectivity index (χ3n) is 9.96. The summed E-state index contributed by atoms with van der Waals surface area (Å²) in [6.07, 6.45) is 7.10. The van der Waals surface area contributed by atoms with E-state index < -0.39 is 0 Å². The molecule has 0 saturated carbocycles. The van der Waals surface area contributed by atoms with Crippen LogP contribution in [-0.4, -0.2) is 9.55 Å². The Morgan fingerprint density at radius 2 is 1.40 bits per heavy atom. The molecule has 0 radical (unpaired) electrons. The SMILES string of the molecule is CC1C=C(n2c3ccccc3c3c(-c4ccc(-c5nc6c(ccc7sc8ccccc8c76)o5)cc4)cccc32)C=CC1c1ccccc1. The van der Waals surface area contributed by atoms with Crippen molar-refractivity contribution in [3.63, 3.8) is 0 Å². The molecule has 9 aromatic rings. The first-order valence-electron chi connectivity index (χ1n) is 16.5. The van der Waals surface area contributed by atoms with E-state index in [9.17, 15) is 0 Å². The van der Waals surface area contributed by atoms with Crippen LogP contribution in [0.4, 0.5) is 0 Å². The highest BCUT2D eigenvalue weighted by Gasteiger charge is 2.23. The van der Waals surface area contributed by atoms with Crippen LogP contribution < -0.4 is 0 Å². The van der Waals surface area contributed by atoms with Crippen molar-refractivity contribution in [2.45, 2.75) is 12.8 Å². The number of rotatable bonds is 4. The summed E-state index contributed by atoms with van der Waals surface area (Å²) in [6.45, 7) is 2.32. The average Bonchev–Trinajstić information content (AvgIpc) is 3.84. The third-order valence-corrected chi connectivity index (χ3v) is 11.1. The maximum atomic E-state index is 6.35. The summed E-state index contributed by atoms with van der Waals surface area (Å²) in [7, 11) is 0. The normalized spacial score (nSPS) is 16.5. The molecule has 2 atom stereocenters. The van der Waals surface area contributed by atoms with Gasteiger partial charge in [-0.2, -0.15) is 0 Å². The van der Waals surface area contributed by atoms with E-state index in [1.807, 2.05) is 6.07 Å². The predicted octanol–water partition coefficient (Wildman–Crippen LogP) is 12.5. The zero-order chi connectivity index (χ0) is 31.8.